The number of rotatable bonds is 4. The first kappa shape index (κ1) is 16.8. The van der Waals surface area contributed by atoms with E-state index in [2.05, 4.69) is 30.6 Å². The summed E-state index contributed by atoms with van der Waals surface area (Å²) in [6.07, 6.45) is 6.22. The molecule has 2 rings (SSSR count). The van der Waals surface area contributed by atoms with E-state index in [0.29, 0.717) is 18.1 Å². The molecule has 4 heteroatoms. The molecule has 5 atom stereocenters. The predicted octanol–water partition coefficient (Wildman–Crippen LogP) is 2.40. The normalized spacial score (nSPS) is 34.0. The van der Waals surface area contributed by atoms with Crippen LogP contribution in [0.25, 0.3) is 0 Å². The average Bonchev–Trinajstić information content (AvgIpc) is 2.84. The van der Waals surface area contributed by atoms with Crippen molar-refractivity contribution in [1.82, 2.24) is 9.80 Å². The topological polar surface area (TPSA) is 43.8 Å². The Labute approximate surface area is 129 Å². The lowest BCUT2D eigenvalue weighted by Crippen LogP contribution is -2.55. The van der Waals surface area contributed by atoms with Crippen LogP contribution in [0.5, 0.6) is 0 Å². The number of amides is 1. The summed E-state index contributed by atoms with van der Waals surface area (Å²) in [6, 6.07) is 1.03. The highest BCUT2D eigenvalue weighted by atomic mass is 16.3. The second-order valence-corrected chi connectivity index (χ2v) is 7.17. The molecule has 0 radical (unpaired) electrons. The summed E-state index contributed by atoms with van der Waals surface area (Å²) < 4.78 is 0. The lowest BCUT2D eigenvalue weighted by Gasteiger charge is -2.42. The van der Waals surface area contributed by atoms with Crippen molar-refractivity contribution in [3.05, 3.63) is 0 Å². The van der Waals surface area contributed by atoms with Crippen LogP contribution in [0.1, 0.15) is 66.2 Å². The number of aliphatic hydroxyl groups excluding tert-OH is 1. The van der Waals surface area contributed by atoms with Gasteiger partial charge in [0.2, 0.25) is 5.91 Å². The zero-order valence-corrected chi connectivity index (χ0v) is 14.1. The monoisotopic (exact) mass is 296 g/mol. The van der Waals surface area contributed by atoms with Crippen LogP contribution < -0.4 is 0 Å². The molecule has 0 bridgehead atoms. The second kappa shape index (κ2) is 7.10. The van der Waals surface area contributed by atoms with Crippen LogP contribution in [0, 0.1) is 0 Å². The van der Waals surface area contributed by atoms with Gasteiger partial charge >= 0.3 is 0 Å². The Morgan fingerprint density at radius 2 is 1.76 bits per heavy atom. The summed E-state index contributed by atoms with van der Waals surface area (Å²) in [5.41, 5.74) is 0. The Hall–Kier alpha value is -0.610. The van der Waals surface area contributed by atoms with Gasteiger partial charge in [-0.15, -0.1) is 0 Å². The molecular formula is C17H32N2O2. The molecule has 0 aliphatic carbocycles. The molecule has 21 heavy (non-hydrogen) atoms. The van der Waals surface area contributed by atoms with Crippen molar-refractivity contribution in [1.29, 1.82) is 0 Å². The Morgan fingerprint density at radius 1 is 1.14 bits per heavy atom. The summed E-state index contributed by atoms with van der Waals surface area (Å²) >= 11 is 0. The molecule has 0 aromatic heterocycles. The van der Waals surface area contributed by atoms with Crippen LogP contribution in [0.15, 0.2) is 0 Å². The number of piperidine rings is 1. The van der Waals surface area contributed by atoms with Crippen molar-refractivity contribution < 1.29 is 9.90 Å². The molecule has 0 aromatic rings. The van der Waals surface area contributed by atoms with Crippen LogP contribution in [0.4, 0.5) is 0 Å². The number of likely N-dealkylation sites (tertiary alicyclic amines) is 2. The van der Waals surface area contributed by atoms with E-state index in [4.69, 9.17) is 0 Å². The maximum atomic E-state index is 13.0. The van der Waals surface area contributed by atoms with E-state index in [0.717, 1.165) is 38.6 Å². The van der Waals surface area contributed by atoms with Gasteiger partial charge in [-0.05, 0) is 72.8 Å². The third kappa shape index (κ3) is 3.78. The third-order valence-corrected chi connectivity index (χ3v) is 5.34. The molecule has 4 nitrogen and oxygen atoms in total. The van der Waals surface area contributed by atoms with Gasteiger partial charge in [0.1, 0.15) is 0 Å². The summed E-state index contributed by atoms with van der Waals surface area (Å²) in [5.74, 6) is 0.284. The van der Waals surface area contributed by atoms with Gasteiger partial charge in [0.05, 0.1) is 12.1 Å². The zero-order valence-electron chi connectivity index (χ0n) is 14.1. The fourth-order valence-corrected chi connectivity index (χ4v) is 4.23. The smallest absolute Gasteiger partial charge is 0.240 e. The van der Waals surface area contributed by atoms with Crippen molar-refractivity contribution in [2.75, 3.05) is 6.54 Å². The number of aliphatic hydroxyl groups is 1. The molecule has 2 aliphatic heterocycles. The van der Waals surface area contributed by atoms with Crippen LogP contribution in [-0.2, 0) is 4.79 Å². The summed E-state index contributed by atoms with van der Waals surface area (Å²) in [5, 5.41) is 9.66. The van der Waals surface area contributed by atoms with Crippen molar-refractivity contribution in [2.24, 2.45) is 0 Å². The van der Waals surface area contributed by atoms with Crippen LogP contribution in [0.2, 0.25) is 0 Å². The first-order valence-electron chi connectivity index (χ1n) is 8.67. The van der Waals surface area contributed by atoms with Gasteiger partial charge in [0, 0.05) is 18.1 Å². The Balaban J connectivity index is 2.03. The number of nitrogens with zero attached hydrogens (tertiary/aromatic N) is 2. The van der Waals surface area contributed by atoms with Gasteiger partial charge in [-0.2, -0.15) is 0 Å². The molecule has 2 saturated heterocycles. The highest BCUT2D eigenvalue weighted by molar-refractivity contribution is 5.82. The lowest BCUT2D eigenvalue weighted by molar-refractivity contribution is -0.143. The molecule has 122 valence electrons. The van der Waals surface area contributed by atoms with Gasteiger partial charge in [-0.25, -0.2) is 0 Å². The maximum Gasteiger partial charge on any atom is 0.240 e. The molecule has 1 amide bonds. The summed E-state index contributed by atoms with van der Waals surface area (Å²) in [7, 11) is 0. The van der Waals surface area contributed by atoms with Gasteiger partial charge in [-0.3, -0.25) is 9.69 Å². The van der Waals surface area contributed by atoms with Crippen LogP contribution in [-0.4, -0.2) is 57.6 Å². The summed E-state index contributed by atoms with van der Waals surface area (Å²) in [4.78, 5) is 17.4. The van der Waals surface area contributed by atoms with E-state index in [1.165, 1.54) is 6.42 Å². The molecule has 2 fully saturated rings. The molecule has 0 aromatic carbocycles. The Morgan fingerprint density at radius 3 is 2.33 bits per heavy atom. The van der Waals surface area contributed by atoms with Crippen molar-refractivity contribution >= 4 is 5.91 Å². The number of hydrogen-bond acceptors (Lipinski definition) is 3. The molecule has 2 heterocycles. The quantitative estimate of drug-likeness (QED) is 0.866. The predicted molar refractivity (Wildman–Crippen MR) is 85.1 cm³/mol. The van der Waals surface area contributed by atoms with Crippen molar-refractivity contribution in [3.8, 4) is 0 Å². The minimum atomic E-state index is -0.286. The van der Waals surface area contributed by atoms with E-state index in [9.17, 15) is 9.90 Å². The number of carbonyl (C=O) groups excluding carboxylic acids is 1. The minimum Gasteiger partial charge on any atom is -0.393 e. The first-order chi connectivity index (χ1) is 9.91. The minimum absolute atomic E-state index is 0.0562. The van der Waals surface area contributed by atoms with E-state index < -0.39 is 0 Å². The van der Waals surface area contributed by atoms with Crippen molar-refractivity contribution in [2.45, 2.75) is 96.5 Å². The van der Waals surface area contributed by atoms with Crippen LogP contribution >= 0.6 is 0 Å². The molecule has 0 spiro atoms. The summed E-state index contributed by atoms with van der Waals surface area (Å²) in [6.45, 7) is 9.24. The van der Waals surface area contributed by atoms with E-state index in [1.807, 2.05) is 6.92 Å². The molecule has 2 aliphatic rings. The number of carbonyl (C=O) groups is 1. The maximum absolute atomic E-state index is 13.0. The Kier molecular flexibility index (Phi) is 5.67. The second-order valence-electron chi connectivity index (χ2n) is 7.17. The van der Waals surface area contributed by atoms with Gasteiger partial charge < -0.3 is 10.0 Å². The van der Waals surface area contributed by atoms with E-state index in [-0.39, 0.29) is 18.1 Å². The molecule has 5 unspecified atom stereocenters. The third-order valence-electron chi connectivity index (χ3n) is 5.34. The zero-order chi connectivity index (χ0) is 15.6. The fraction of sp³-hybridized carbons (Fsp3) is 0.941. The Bertz CT molecular complexity index is 349. The standard InChI is InChI=1S/C17H32N2O2/c1-12-7-5-8-13(2)19(12)17(21)15(4)18-10-6-9-16(18)11-14(3)20/h12-16,20H,5-11H2,1-4H3. The highest BCUT2D eigenvalue weighted by Gasteiger charge is 2.37. The largest absolute Gasteiger partial charge is 0.393 e. The molecule has 0 saturated carbocycles. The van der Waals surface area contributed by atoms with Crippen molar-refractivity contribution in [3.63, 3.8) is 0 Å². The van der Waals surface area contributed by atoms with E-state index >= 15 is 0 Å². The lowest BCUT2D eigenvalue weighted by atomic mass is 9.96. The SMILES string of the molecule is CC(O)CC1CCCN1C(C)C(=O)N1C(C)CCCC1C. The molecule has 1 N–H and O–H groups in total. The van der Waals surface area contributed by atoms with Gasteiger partial charge in [-0.1, -0.05) is 0 Å². The van der Waals surface area contributed by atoms with Gasteiger partial charge in [0.15, 0.2) is 0 Å². The molecular weight excluding hydrogens is 264 g/mol. The van der Waals surface area contributed by atoms with Gasteiger partial charge in [0.25, 0.3) is 0 Å². The number of hydrogen-bond donors (Lipinski definition) is 1. The van der Waals surface area contributed by atoms with E-state index in [1.54, 1.807) is 0 Å². The first-order valence-corrected chi connectivity index (χ1v) is 8.67. The highest BCUT2D eigenvalue weighted by Crippen LogP contribution is 2.28. The van der Waals surface area contributed by atoms with Crippen LogP contribution in [0.3, 0.4) is 0 Å². The average molecular weight is 296 g/mol. The fourth-order valence-electron chi connectivity index (χ4n) is 4.23.